The normalized spacial score (nSPS) is 10.1. The maximum absolute atomic E-state index is 5.74. The molecule has 0 spiro atoms. The molecule has 60 valence electrons. The molecule has 0 unspecified atom stereocenters. The van der Waals surface area contributed by atoms with Crippen LogP contribution in [0.3, 0.4) is 0 Å². The lowest BCUT2D eigenvalue weighted by molar-refractivity contribution is 1.07. The van der Waals surface area contributed by atoms with Crippen LogP contribution in [0.15, 0.2) is 16.6 Å². The van der Waals surface area contributed by atoms with Gasteiger partial charge in [0.1, 0.15) is 0 Å². The molecule has 0 bridgehead atoms. The first-order valence-electron chi connectivity index (χ1n) is 3.39. The predicted molar refractivity (Wildman–Crippen MR) is 51.2 cm³/mol. The largest absolute Gasteiger partial charge is 0.398 e. The maximum atomic E-state index is 5.74. The van der Waals surface area contributed by atoms with Crippen LogP contribution in [0.2, 0.25) is 0 Å². The third-order valence-corrected chi connectivity index (χ3v) is 2.24. The van der Waals surface area contributed by atoms with E-state index in [9.17, 15) is 0 Å². The van der Waals surface area contributed by atoms with E-state index in [0.717, 1.165) is 15.7 Å². The fourth-order valence-electron chi connectivity index (χ4n) is 0.994. The Labute approximate surface area is 74.7 Å². The predicted octanol–water partition coefficient (Wildman–Crippen LogP) is 1.80. The summed E-state index contributed by atoms with van der Waals surface area (Å²) in [6.45, 7) is 2.51. The van der Waals surface area contributed by atoms with Crippen molar-refractivity contribution in [2.45, 2.75) is 13.5 Å². The molecule has 3 heteroatoms. The topological polar surface area (TPSA) is 52.0 Å². The van der Waals surface area contributed by atoms with Gasteiger partial charge in [0.2, 0.25) is 0 Å². The molecular formula is C8H11BrN2. The zero-order valence-corrected chi connectivity index (χ0v) is 7.98. The molecule has 1 rings (SSSR count). The number of hydrogen-bond donors (Lipinski definition) is 2. The van der Waals surface area contributed by atoms with Crippen molar-refractivity contribution in [1.82, 2.24) is 0 Å². The first kappa shape index (κ1) is 8.56. The van der Waals surface area contributed by atoms with Gasteiger partial charge in [-0.3, -0.25) is 0 Å². The molecule has 0 saturated carbocycles. The summed E-state index contributed by atoms with van der Waals surface area (Å²) in [5.74, 6) is 0. The van der Waals surface area contributed by atoms with Gasteiger partial charge in [0.05, 0.1) is 5.69 Å². The van der Waals surface area contributed by atoms with Gasteiger partial charge in [0.15, 0.2) is 0 Å². The summed E-state index contributed by atoms with van der Waals surface area (Å²) in [5, 5.41) is 0. The van der Waals surface area contributed by atoms with E-state index in [4.69, 9.17) is 11.5 Å². The zero-order valence-electron chi connectivity index (χ0n) is 6.39. The molecule has 4 N–H and O–H groups in total. The van der Waals surface area contributed by atoms with Crippen molar-refractivity contribution in [3.63, 3.8) is 0 Å². The number of rotatable bonds is 1. The standard InChI is InChI=1S/C8H11BrN2/c1-5-2-6(4-10)8(11)7(9)3-5/h2-3H,4,10-11H2,1H3. The number of anilines is 1. The first-order valence-corrected chi connectivity index (χ1v) is 4.19. The van der Waals surface area contributed by atoms with E-state index in [-0.39, 0.29) is 0 Å². The van der Waals surface area contributed by atoms with Crippen molar-refractivity contribution in [2.75, 3.05) is 5.73 Å². The smallest absolute Gasteiger partial charge is 0.0504 e. The minimum atomic E-state index is 0.492. The fraction of sp³-hybridized carbons (Fsp3) is 0.250. The fourth-order valence-corrected chi connectivity index (χ4v) is 1.61. The van der Waals surface area contributed by atoms with Crippen LogP contribution in [0.1, 0.15) is 11.1 Å². The third-order valence-electron chi connectivity index (χ3n) is 1.58. The second-order valence-electron chi connectivity index (χ2n) is 2.52. The molecular weight excluding hydrogens is 204 g/mol. The van der Waals surface area contributed by atoms with E-state index < -0.39 is 0 Å². The third kappa shape index (κ3) is 1.73. The summed E-state index contributed by atoms with van der Waals surface area (Å²) in [6.07, 6.45) is 0. The number of hydrogen-bond acceptors (Lipinski definition) is 2. The van der Waals surface area contributed by atoms with Crippen LogP contribution in [0.25, 0.3) is 0 Å². The Kier molecular flexibility index (Phi) is 2.52. The van der Waals surface area contributed by atoms with E-state index in [1.54, 1.807) is 0 Å². The van der Waals surface area contributed by atoms with Gasteiger partial charge in [-0.1, -0.05) is 6.07 Å². The maximum Gasteiger partial charge on any atom is 0.0504 e. The minimum absolute atomic E-state index is 0.492. The lowest BCUT2D eigenvalue weighted by Gasteiger charge is -2.06. The second-order valence-corrected chi connectivity index (χ2v) is 3.38. The van der Waals surface area contributed by atoms with Gasteiger partial charge in [-0.15, -0.1) is 0 Å². The van der Waals surface area contributed by atoms with Gasteiger partial charge < -0.3 is 11.5 Å². The van der Waals surface area contributed by atoms with Crippen molar-refractivity contribution >= 4 is 21.6 Å². The Morgan fingerprint density at radius 3 is 2.64 bits per heavy atom. The molecule has 11 heavy (non-hydrogen) atoms. The highest BCUT2D eigenvalue weighted by Gasteiger charge is 2.01. The zero-order chi connectivity index (χ0) is 8.43. The average Bonchev–Trinajstić information content (AvgIpc) is 1.96. The summed E-state index contributed by atoms with van der Waals surface area (Å²) < 4.78 is 0.929. The summed E-state index contributed by atoms with van der Waals surface area (Å²) >= 11 is 3.36. The molecule has 0 saturated heterocycles. The molecule has 0 heterocycles. The van der Waals surface area contributed by atoms with Crippen molar-refractivity contribution < 1.29 is 0 Å². The molecule has 0 aromatic heterocycles. The van der Waals surface area contributed by atoms with Crippen molar-refractivity contribution in [3.05, 3.63) is 27.7 Å². The van der Waals surface area contributed by atoms with Crippen LogP contribution in [0, 0.1) is 6.92 Å². The van der Waals surface area contributed by atoms with Gasteiger partial charge in [0, 0.05) is 11.0 Å². The second kappa shape index (κ2) is 3.24. The van der Waals surface area contributed by atoms with Gasteiger partial charge >= 0.3 is 0 Å². The first-order chi connectivity index (χ1) is 5.15. The Bertz CT molecular complexity index is 271. The molecule has 0 atom stereocenters. The van der Waals surface area contributed by atoms with E-state index in [1.165, 1.54) is 5.56 Å². The quantitative estimate of drug-likeness (QED) is 0.701. The Morgan fingerprint density at radius 1 is 1.45 bits per heavy atom. The van der Waals surface area contributed by atoms with Gasteiger partial charge in [-0.05, 0) is 40.0 Å². The monoisotopic (exact) mass is 214 g/mol. The van der Waals surface area contributed by atoms with E-state index >= 15 is 0 Å². The molecule has 0 amide bonds. The van der Waals surface area contributed by atoms with Gasteiger partial charge in [-0.2, -0.15) is 0 Å². The van der Waals surface area contributed by atoms with Crippen molar-refractivity contribution in [2.24, 2.45) is 5.73 Å². The van der Waals surface area contributed by atoms with E-state index in [1.807, 2.05) is 19.1 Å². The van der Waals surface area contributed by atoms with Crippen LogP contribution >= 0.6 is 15.9 Å². The van der Waals surface area contributed by atoms with Crippen LogP contribution in [0.5, 0.6) is 0 Å². The van der Waals surface area contributed by atoms with Crippen LogP contribution in [-0.2, 0) is 6.54 Å². The molecule has 0 aliphatic heterocycles. The Hall–Kier alpha value is -0.540. The van der Waals surface area contributed by atoms with Crippen LogP contribution < -0.4 is 11.5 Å². The summed E-state index contributed by atoms with van der Waals surface area (Å²) in [4.78, 5) is 0. The van der Waals surface area contributed by atoms with Crippen LogP contribution in [0.4, 0.5) is 5.69 Å². The number of halogens is 1. The number of aryl methyl sites for hydroxylation is 1. The summed E-state index contributed by atoms with van der Waals surface area (Å²) in [5.41, 5.74) is 14.1. The number of nitrogens with two attached hydrogens (primary N) is 2. The Morgan fingerprint density at radius 2 is 2.09 bits per heavy atom. The SMILES string of the molecule is Cc1cc(Br)c(N)c(CN)c1. The molecule has 0 aliphatic carbocycles. The highest BCUT2D eigenvalue weighted by molar-refractivity contribution is 9.10. The van der Waals surface area contributed by atoms with Crippen LogP contribution in [-0.4, -0.2) is 0 Å². The molecule has 1 aromatic carbocycles. The molecule has 0 aliphatic rings. The van der Waals surface area contributed by atoms with Gasteiger partial charge in [0.25, 0.3) is 0 Å². The number of nitrogen functional groups attached to an aromatic ring is 1. The molecule has 2 nitrogen and oxygen atoms in total. The number of benzene rings is 1. The average molecular weight is 215 g/mol. The Balaban J connectivity index is 3.24. The van der Waals surface area contributed by atoms with Crippen molar-refractivity contribution in [3.8, 4) is 0 Å². The molecule has 0 fully saturated rings. The minimum Gasteiger partial charge on any atom is -0.398 e. The summed E-state index contributed by atoms with van der Waals surface area (Å²) in [6, 6.07) is 3.98. The molecule has 0 radical (unpaired) electrons. The van der Waals surface area contributed by atoms with E-state index in [2.05, 4.69) is 15.9 Å². The highest BCUT2D eigenvalue weighted by Crippen LogP contribution is 2.24. The lowest BCUT2D eigenvalue weighted by Crippen LogP contribution is -2.02. The lowest BCUT2D eigenvalue weighted by atomic mass is 10.1. The van der Waals surface area contributed by atoms with Gasteiger partial charge in [-0.25, -0.2) is 0 Å². The van der Waals surface area contributed by atoms with Crippen molar-refractivity contribution in [1.29, 1.82) is 0 Å². The van der Waals surface area contributed by atoms with E-state index in [0.29, 0.717) is 6.54 Å². The molecule has 1 aromatic rings. The highest BCUT2D eigenvalue weighted by atomic mass is 79.9. The summed E-state index contributed by atoms with van der Waals surface area (Å²) in [7, 11) is 0.